The van der Waals surface area contributed by atoms with Crippen molar-refractivity contribution < 1.29 is 22.3 Å². The summed E-state index contributed by atoms with van der Waals surface area (Å²) in [6, 6.07) is 6.48. The molecular formula is C20H22F4N2O. The third-order valence-electron chi connectivity index (χ3n) is 4.81. The molecule has 0 amide bonds. The summed E-state index contributed by atoms with van der Waals surface area (Å²) in [5.41, 5.74) is 0.168. The molecule has 0 unspecified atom stereocenters. The van der Waals surface area contributed by atoms with Crippen LogP contribution < -0.4 is 0 Å². The molecule has 7 heteroatoms. The van der Waals surface area contributed by atoms with Gasteiger partial charge >= 0.3 is 6.18 Å². The van der Waals surface area contributed by atoms with Gasteiger partial charge in [0.1, 0.15) is 11.9 Å². The summed E-state index contributed by atoms with van der Waals surface area (Å²) in [6.07, 6.45) is -3.08. The van der Waals surface area contributed by atoms with E-state index in [0.717, 1.165) is 49.8 Å². The lowest BCUT2D eigenvalue weighted by atomic mass is 10.0. The summed E-state index contributed by atoms with van der Waals surface area (Å²) in [7, 11) is 2.00. The molecule has 2 aromatic rings. The van der Waals surface area contributed by atoms with E-state index >= 15 is 0 Å². The number of piperidine rings is 1. The second kappa shape index (κ2) is 7.94. The molecular weight excluding hydrogens is 360 g/mol. The molecule has 0 bridgehead atoms. The van der Waals surface area contributed by atoms with Gasteiger partial charge in [-0.1, -0.05) is 12.1 Å². The molecule has 0 radical (unpaired) electrons. The molecule has 0 saturated carbocycles. The van der Waals surface area contributed by atoms with Crippen LogP contribution in [0.2, 0.25) is 0 Å². The highest BCUT2D eigenvalue weighted by molar-refractivity contribution is 5.32. The van der Waals surface area contributed by atoms with Crippen molar-refractivity contribution in [2.75, 3.05) is 20.1 Å². The average molecular weight is 382 g/mol. The maximum atomic E-state index is 14.6. The second-order valence-corrected chi connectivity index (χ2v) is 7.01. The Balaban J connectivity index is 1.97. The van der Waals surface area contributed by atoms with Crippen molar-refractivity contribution in [1.82, 2.24) is 9.88 Å². The highest BCUT2D eigenvalue weighted by Crippen LogP contribution is 2.34. The van der Waals surface area contributed by atoms with E-state index in [1.54, 1.807) is 19.1 Å². The van der Waals surface area contributed by atoms with Crippen molar-refractivity contribution in [1.29, 1.82) is 0 Å². The van der Waals surface area contributed by atoms with Gasteiger partial charge in [0.05, 0.1) is 17.4 Å². The van der Waals surface area contributed by atoms with Gasteiger partial charge in [-0.25, -0.2) is 4.39 Å². The van der Waals surface area contributed by atoms with Crippen molar-refractivity contribution in [2.24, 2.45) is 0 Å². The van der Waals surface area contributed by atoms with Crippen LogP contribution in [0.1, 0.15) is 41.3 Å². The molecule has 1 aromatic carbocycles. The zero-order chi connectivity index (χ0) is 19.6. The number of hydrogen-bond acceptors (Lipinski definition) is 3. The topological polar surface area (TPSA) is 25.4 Å². The van der Waals surface area contributed by atoms with E-state index in [4.69, 9.17) is 4.74 Å². The molecule has 3 rings (SSSR count). The molecule has 1 fully saturated rings. The van der Waals surface area contributed by atoms with E-state index in [1.807, 2.05) is 7.05 Å². The highest BCUT2D eigenvalue weighted by Gasteiger charge is 2.33. The third kappa shape index (κ3) is 4.84. The number of nitrogens with zero attached hydrogens (tertiary/aromatic N) is 2. The average Bonchev–Trinajstić information content (AvgIpc) is 2.61. The van der Waals surface area contributed by atoms with Gasteiger partial charge < -0.3 is 9.64 Å². The van der Waals surface area contributed by atoms with Crippen LogP contribution in [0.4, 0.5) is 17.6 Å². The van der Waals surface area contributed by atoms with Gasteiger partial charge in [0.25, 0.3) is 0 Å². The van der Waals surface area contributed by atoms with Gasteiger partial charge in [-0.2, -0.15) is 13.2 Å². The molecule has 1 saturated heterocycles. The Morgan fingerprint density at radius 2 is 1.85 bits per heavy atom. The Labute approximate surface area is 156 Å². The van der Waals surface area contributed by atoms with Crippen LogP contribution in [0.5, 0.6) is 0 Å². The summed E-state index contributed by atoms with van der Waals surface area (Å²) in [4.78, 5) is 6.23. The van der Waals surface area contributed by atoms with E-state index in [1.165, 1.54) is 6.07 Å². The molecule has 1 aliphatic rings. The van der Waals surface area contributed by atoms with E-state index in [-0.39, 0.29) is 17.4 Å². The van der Waals surface area contributed by atoms with E-state index in [2.05, 4.69) is 9.88 Å². The molecule has 1 aromatic heterocycles. The zero-order valence-corrected chi connectivity index (χ0v) is 15.3. The number of benzene rings is 1. The molecule has 27 heavy (non-hydrogen) atoms. The minimum absolute atomic E-state index is 0.0616. The Morgan fingerprint density at radius 1 is 1.15 bits per heavy atom. The maximum Gasteiger partial charge on any atom is 0.416 e. The van der Waals surface area contributed by atoms with E-state index in [0.29, 0.717) is 0 Å². The molecule has 1 atom stereocenters. The lowest BCUT2D eigenvalue weighted by Crippen LogP contribution is -2.35. The summed E-state index contributed by atoms with van der Waals surface area (Å²) in [6.45, 7) is 3.40. The summed E-state index contributed by atoms with van der Waals surface area (Å²) in [5.74, 6) is -0.507. The lowest BCUT2D eigenvalue weighted by molar-refractivity contribution is -0.137. The molecule has 2 heterocycles. The van der Waals surface area contributed by atoms with Gasteiger partial charge in [-0.15, -0.1) is 0 Å². The van der Waals surface area contributed by atoms with Crippen LogP contribution >= 0.6 is 0 Å². The van der Waals surface area contributed by atoms with Crippen LogP contribution in [0.3, 0.4) is 0 Å². The fourth-order valence-corrected chi connectivity index (χ4v) is 3.23. The minimum atomic E-state index is -4.50. The van der Waals surface area contributed by atoms with Crippen LogP contribution in [0.15, 0.2) is 36.5 Å². The van der Waals surface area contributed by atoms with E-state index in [9.17, 15) is 17.6 Å². The van der Waals surface area contributed by atoms with Crippen LogP contribution in [-0.4, -0.2) is 36.1 Å². The molecule has 0 aliphatic carbocycles. The molecule has 0 N–H and O–H groups in total. The molecule has 3 nitrogen and oxygen atoms in total. The number of aromatic nitrogens is 1. The highest BCUT2D eigenvalue weighted by atomic mass is 19.4. The number of ether oxygens (including phenoxy) is 1. The predicted molar refractivity (Wildman–Crippen MR) is 93.8 cm³/mol. The fraction of sp³-hybridized carbons (Fsp3) is 0.450. The van der Waals surface area contributed by atoms with Crippen molar-refractivity contribution in [2.45, 2.75) is 38.1 Å². The fourth-order valence-electron chi connectivity index (χ4n) is 3.23. The number of likely N-dealkylation sites (tertiary alicyclic amines) is 1. The predicted octanol–water partition coefficient (Wildman–Crippen LogP) is 4.75. The number of alkyl halides is 3. The van der Waals surface area contributed by atoms with Crippen LogP contribution in [-0.2, 0) is 10.9 Å². The SMILES string of the molecule is Cc1ccc([C@H](OC2CCN(C)CC2)c2cc(C(F)(F)F)ccn2)c(F)c1. The minimum Gasteiger partial charge on any atom is -0.364 e. The number of hydrogen-bond donors (Lipinski definition) is 0. The maximum absolute atomic E-state index is 14.6. The number of rotatable bonds is 4. The first-order valence-corrected chi connectivity index (χ1v) is 8.87. The van der Waals surface area contributed by atoms with Crippen LogP contribution in [0.25, 0.3) is 0 Å². The van der Waals surface area contributed by atoms with E-state index < -0.39 is 23.7 Å². The molecule has 146 valence electrons. The Morgan fingerprint density at radius 3 is 2.48 bits per heavy atom. The first kappa shape index (κ1) is 19.8. The van der Waals surface area contributed by atoms with Gasteiger partial charge in [0.2, 0.25) is 0 Å². The van der Waals surface area contributed by atoms with Gasteiger partial charge in [0.15, 0.2) is 0 Å². The third-order valence-corrected chi connectivity index (χ3v) is 4.81. The van der Waals surface area contributed by atoms with Crippen molar-refractivity contribution >= 4 is 0 Å². The van der Waals surface area contributed by atoms with Crippen molar-refractivity contribution in [3.63, 3.8) is 0 Å². The Kier molecular flexibility index (Phi) is 5.81. The van der Waals surface area contributed by atoms with Gasteiger partial charge in [-0.3, -0.25) is 4.98 Å². The number of aryl methyl sites for hydroxylation is 1. The number of pyridine rings is 1. The second-order valence-electron chi connectivity index (χ2n) is 7.01. The normalized spacial score (nSPS) is 17.9. The van der Waals surface area contributed by atoms with Gasteiger partial charge in [0, 0.05) is 24.8 Å². The standard InChI is InChI=1S/C20H22F4N2O/c1-13-3-4-16(17(21)11-13)19(27-15-6-9-26(2)10-7-15)18-12-14(5-8-25-18)20(22,23)24/h3-5,8,11-12,15,19H,6-7,9-10H2,1-2H3/t19-/m0/s1. The zero-order valence-electron chi connectivity index (χ0n) is 15.3. The van der Waals surface area contributed by atoms with Crippen molar-refractivity contribution in [3.05, 3.63) is 64.7 Å². The summed E-state index contributed by atoms with van der Waals surface area (Å²) >= 11 is 0. The first-order chi connectivity index (χ1) is 12.7. The first-order valence-electron chi connectivity index (χ1n) is 8.87. The Bertz CT molecular complexity index is 786. The monoisotopic (exact) mass is 382 g/mol. The summed E-state index contributed by atoms with van der Waals surface area (Å²) in [5, 5.41) is 0. The van der Waals surface area contributed by atoms with Crippen LogP contribution in [0, 0.1) is 12.7 Å². The number of halogens is 4. The molecule has 1 aliphatic heterocycles. The Hall–Kier alpha value is -1.99. The largest absolute Gasteiger partial charge is 0.416 e. The van der Waals surface area contributed by atoms with Crippen molar-refractivity contribution in [3.8, 4) is 0 Å². The smallest absolute Gasteiger partial charge is 0.364 e. The quantitative estimate of drug-likeness (QED) is 0.714. The molecule has 0 spiro atoms. The summed E-state index contributed by atoms with van der Waals surface area (Å²) < 4.78 is 60.1. The lowest BCUT2D eigenvalue weighted by Gasteiger charge is -2.32. The van der Waals surface area contributed by atoms with Gasteiger partial charge in [-0.05, 0) is 50.6 Å².